The number of azo groups is 1. The molecule has 0 N–H and O–H groups in total. The van der Waals surface area contributed by atoms with Gasteiger partial charge in [-0.2, -0.15) is 10.2 Å². The lowest BCUT2D eigenvalue weighted by Crippen LogP contribution is -2.07. The summed E-state index contributed by atoms with van der Waals surface area (Å²) in [5, 5.41) is 16.6. The smallest absolute Gasteiger partial charge is 0.311 e. The van der Waals surface area contributed by atoms with Gasteiger partial charge in [-0.25, -0.2) is 4.68 Å². The molecule has 8 heteroatoms. The van der Waals surface area contributed by atoms with E-state index < -0.39 is 0 Å². The van der Waals surface area contributed by atoms with Crippen LogP contribution in [0.4, 0.5) is 11.4 Å². The summed E-state index contributed by atoms with van der Waals surface area (Å²) in [5.74, 6) is 0.306. The quantitative estimate of drug-likeness (QED) is 0.196. The molecule has 0 saturated carbocycles. The maximum absolute atomic E-state index is 11.8. The zero-order chi connectivity index (χ0) is 21.2. The van der Waals surface area contributed by atoms with E-state index in [1.807, 2.05) is 30.5 Å². The van der Waals surface area contributed by atoms with E-state index >= 15 is 0 Å². The highest BCUT2D eigenvalue weighted by Gasteiger charge is 2.05. The first kappa shape index (κ1) is 21.3. The van der Waals surface area contributed by atoms with E-state index in [2.05, 4.69) is 27.5 Å². The molecule has 3 rings (SSSR count). The number of benzene rings is 2. The van der Waals surface area contributed by atoms with Gasteiger partial charge >= 0.3 is 5.97 Å². The number of nitrogens with zero attached hydrogens (tertiary/aromatic N) is 5. The molecule has 0 unspecified atom stereocenters. The third-order valence-electron chi connectivity index (χ3n) is 4.28. The van der Waals surface area contributed by atoms with Crippen molar-refractivity contribution in [2.24, 2.45) is 10.2 Å². The van der Waals surface area contributed by atoms with Crippen LogP contribution in [0.25, 0.3) is 5.69 Å². The SMILES string of the molecule is CCCCCC(=O)Oc1ccc(N=Nc2ccc(-n3cc(COC)nn3)cc2)cc1. The topological polar surface area (TPSA) is 91.0 Å². The van der Waals surface area contributed by atoms with Gasteiger partial charge in [0.15, 0.2) is 0 Å². The molecule has 0 atom stereocenters. The Bertz CT molecular complexity index is 965. The summed E-state index contributed by atoms with van der Waals surface area (Å²) in [6, 6.07) is 14.4. The fraction of sp³-hybridized carbons (Fsp3) is 0.318. The zero-order valence-corrected chi connectivity index (χ0v) is 17.2. The van der Waals surface area contributed by atoms with Gasteiger partial charge in [0.1, 0.15) is 11.4 Å². The monoisotopic (exact) mass is 407 g/mol. The maximum Gasteiger partial charge on any atom is 0.311 e. The summed E-state index contributed by atoms with van der Waals surface area (Å²) in [5.41, 5.74) is 3.01. The van der Waals surface area contributed by atoms with E-state index in [-0.39, 0.29) is 5.97 Å². The van der Waals surface area contributed by atoms with Crippen molar-refractivity contribution in [3.63, 3.8) is 0 Å². The lowest BCUT2D eigenvalue weighted by Gasteiger charge is -2.04. The average Bonchev–Trinajstić information content (AvgIpc) is 3.23. The third kappa shape index (κ3) is 6.31. The Morgan fingerprint density at radius 3 is 2.30 bits per heavy atom. The average molecular weight is 407 g/mol. The van der Waals surface area contributed by atoms with Gasteiger partial charge < -0.3 is 9.47 Å². The number of unbranched alkanes of at least 4 members (excludes halogenated alkanes) is 2. The van der Waals surface area contributed by atoms with Crippen LogP contribution in [-0.4, -0.2) is 28.1 Å². The number of rotatable bonds is 10. The van der Waals surface area contributed by atoms with Crippen LogP contribution in [0.5, 0.6) is 5.75 Å². The number of hydrogen-bond donors (Lipinski definition) is 0. The molecule has 0 spiro atoms. The summed E-state index contributed by atoms with van der Waals surface area (Å²) in [6.45, 7) is 2.52. The van der Waals surface area contributed by atoms with Crippen LogP contribution in [-0.2, 0) is 16.1 Å². The molecular weight excluding hydrogens is 382 g/mol. The number of ether oxygens (including phenoxy) is 2. The van der Waals surface area contributed by atoms with E-state index in [9.17, 15) is 4.79 Å². The summed E-state index contributed by atoms with van der Waals surface area (Å²) in [4.78, 5) is 11.8. The van der Waals surface area contributed by atoms with Crippen LogP contribution in [0.3, 0.4) is 0 Å². The van der Waals surface area contributed by atoms with Gasteiger partial charge in [-0.05, 0) is 55.0 Å². The molecule has 2 aromatic carbocycles. The minimum atomic E-state index is -0.209. The van der Waals surface area contributed by atoms with E-state index in [1.54, 1.807) is 36.1 Å². The largest absolute Gasteiger partial charge is 0.427 e. The summed E-state index contributed by atoms with van der Waals surface area (Å²) in [6.07, 6.45) is 5.21. The van der Waals surface area contributed by atoms with E-state index in [4.69, 9.17) is 9.47 Å². The number of hydrogen-bond acceptors (Lipinski definition) is 7. The first-order valence-corrected chi connectivity index (χ1v) is 9.91. The van der Waals surface area contributed by atoms with Crippen LogP contribution in [0, 0.1) is 0 Å². The van der Waals surface area contributed by atoms with Gasteiger partial charge in [-0.15, -0.1) is 5.10 Å². The number of methoxy groups -OCH3 is 1. The minimum absolute atomic E-state index is 0.209. The Labute approximate surface area is 175 Å². The van der Waals surface area contributed by atoms with E-state index in [0.717, 1.165) is 30.6 Å². The molecule has 0 amide bonds. The second-order valence-electron chi connectivity index (χ2n) is 6.73. The first-order chi connectivity index (χ1) is 14.7. The van der Waals surface area contributed by atoms with Gasteiger partial charge in [0.2, 0.25) is 0 Å². The van der Waals surface area contributed by atoms with Crippen molar-refractivity contribution in [1.29, 1.82) is 0 Å². The number of carbonyl (C=O) groups excluding carboxylic acids is 1. The predicted octanol–water partition coefficient (Wildman–Crippen LogP) is 5.31. The molecule has 8 nitrogen and oxygen atoms in total. The van der Waals surface area contributed by atoms with Crippen LogP contribution < -0.4 is 4.74 Å². The molecule has 0 saturated heterocycles. The highest BCUT2D eigenvalue weighted by molar-refractivity contribution is 5.72. The molecule has 1 aromatic heterocycles. The predicted molar refractivity (Wildman–Crippen MR) is 112 cm³/mol. The second kappa shape index (κ2) is 11.0. The molecule has 0 fully saturated rings. The fourth-order valence-electron chi connectivity index (χ4n) is 2.71. The van der Waals surface area contributed by atoms with E-state index in [0.29, 0.717) is 30.2 Å². The molecule has 156 valence electrons. The normalized spacial score (nSPS) is 11.1. The van der Waals surface area contributed by atoms with Gasteiger partial charge in [-0.1, -0.05) is 25.0 Å². The molecule has 3 aromatic rings. The Hall–Kier alpha value is -3.39. The van der Waals surface area contributed by atoms with Gasteiger partial charge in [0, 0.05) is 13.5 Å². The van der Waals surface area contributed by atoms with Crippen LogP contribution in [0.2, 0.25) is 0 Å². The Morgan fingerprint density at radius 1 is 1.00 bits per heavy atom. The molecular formula is C22H25N5O3. The summed E-state index contributed by atoms with van der Waals surface area (Å²) >= 11 is 0. The van der Waals surface area contributed by atoms with Crippen molar-refractivity contribution in [3.8, 4) is 11.4 Å². The van der Waals surface area contributed by atoms with Crippen molar-refractivity contribution in [3.05, 3.63) is 60.4 Å². The Kier molecular flexibility index (Phi) is 7.79. The second-order valence-corrected chi connectivity index (χ2v) is 6.73. The van der Waals surface area contributed by atoms with Crippen LogP contribution >= 0.6 is 0 Å². The van der Waals surface area contributed by atoms with Crippen LogP contribution in [0.1, 0.15) is 38.3 Å². The lowest BCUT2D eigenvalue weighted by atomic mass is 10.2. The van der Waals surface area contributed by atoms with Gasteiger partial charge in [0.05, 0.1) is 29.9 Å². The maximum atomic E-state index is 11.8. The van der Waals surface area contributed by atoms with Crippen molar-refractivity contribution in [1.82, 2.24) is 15.0 Å². The minimum Gasteiger partial charge on any atom is -0.427 e. The van der Waals surface area contributed by atoms with E-state index in [1.165, 1.54) is 0 Å². The third-order valence-corrected chi connectivity index (χ3v) is 4.28. The molecule has 0 aliphatic carbocycles. The first-order valence-electron chi connectivity index (χ1n) is 9.91. The van der Waals surface area contributed by atoms with Gasteiger partial charge in [-0.3, -0.25) is 4.79 Å². The molecule has 0 aliphatic rings. The number of carbonyl (C=O) groups is 1. The lowest BCUT2D eigenvalue weighted by molar-refractivity contribution is -0.134. The van der Waals surface area contributed by atoms with Crippen molar-refractivity contribution in [2.75, 3.05) is 7.11 Å². The Balaban J connectivity index is 1.55. The molecule has 0 radical (unpaired) electrons. The summed E-state index contributed by atoms with van der Waals surface area (Å²) < 4.78 is 12.0. The van der Waals surface area contributed by atoms with Crippen molar-refractivity contribution < 1.29 is 14.3 Å². The fourth-order valence-corrected chi connectivity index (χ4v) is 2.71. The molecule has 0 bridgehead atoms. The summed E-state index contributed by atoms with van der Waals surface area (Å²) in [7, 11) is 1.62. The number of aromatic nitrogens is 3. The van der Waals surface area contributed by atoms with Crippen LogP contribution in [0.15, 0.2) is 65.0 Å². The Morgan fingerprint density at radius 2 is 1.67 bits per heavy atom. The molecule has 1 heterocycles. The molecule has 0 aliphatic heterocycles. The standard InChI is InChI=1S/C22H25N5O3/c1-3-4-5-6-22(28)30-21-13-9-18(10-14-21)24-23-17-7-11-20(12-8-17)27-15-19(16-29-2)25-26-27/h7-15H,3-6,16H2,1-2H3. The number of esters is 1. The highest BCUT2D eigenvalue weighted by Crippen LogP contribution is 2.22. The van der Waals surface area contributed by atoms with Crippen molar-refractivity contribution >= 4 is 17.3 Å². The van der Waals surface area contributed by atoms with Gasteiger partial charge in [0.25, 0.3) is 0 Å². The molecule has 30 heavy (non-hydrogen) atoms. The zero-order valence-electron chi connectivity index (χ0n) is 17.2. The highest BCUT2D eigenvalue weighted by atomic mass is 16.5. The van der Waals surface area contributed by atoms with Crippen molar-refractivity contribution in [2.45, 2.75) is 39.2 Å².